The van der Waals surface area contributed by atoms with E-state index in [9.17, 15) is 4.79 Å². The largest absolute Gasteiger partial charge is 0.393 e. The molecule has 1 aliphatic carbocycles. The number of Topliss-reactive ketones (excluding diaryl/α,β-unsaturated/α-hetero) is 1. The van der Waals surface area contributed by atoms with E-state index in [4.69, 9.17) is 19.0 Å². The quantitative estimate of drug-likeness (QED) is 0.442. The van der Waals surface area contributed by atoms with Crippen LogP contribution in [-0.4, -0.2) is 88.8 Å². The third kappa shape index (κ3) is 4.35. The van der Waals surface area contributed by atoms with E-state index in [1.807, 2.05) is 48.2 Å². The van der Waals surface area contributed by atoms with Crippen LogP contribution in [0.25, 0.3) is 0 Å². The number of ether oxygens (including phenoxy) is 3. The Hall–Kier alpha value is -2.42. The summed E-state index contributed by atoms with van der Waals surface area (Å²) in [6.45, 7) is 3.50. The Morgan fingerprint density at radius 3 is 2.21 bits per heavy atom. The SMILES string of the molecule is COCCOCCOCCO/N=C1\C2=C(C(=O)c3ccccc31)N(C)CN2C. The van der Waals surface area contributed by atoms with Crippen molar-refractivity contribution in [3.63, 3.8) is 0 Å². The lowest BCUT2D eigenvalue weighted by atomic mass is 9.90. The molecule has 0 aromatic heterocycles. The highest BCUT2D eigenvalue weighted by Crippen LogP contribution is 2.33. The van der Waals surface area contributed by atoms with Gasteiger partial charge in [0.2, 0.25) is 5.78 Å². The molecule has 1 aromatic rings. The van der Waals surface area contributed by atoms with Crippen LogP contribution < -0.4 is 0 Å². The normalized spacial score (nSPS) is 17.4. The van der Waals surface area contributed by atoms with Gasteiger partial charge in [-0.25, -0.2) is 0 Å². The van der Waals surface area contributed by atoms with Crippen LogP contribution in [0, 0.1) is 0 Å². The van der Waals surface area contributed by atoms with E-state index in [2.05, 4.69) is 5.16 Å². The molecule has 1 heterocycles. The maximum Gasteiger partial charge on any atom is 0.211 e. The van der Waals surface area contributed by atoms with Crippen LogP contribution in [0.2, 0.25) is 0 Å². The van der Waals surface area contributed by atoms with Gasteiger partial charge in [0.05, 0.1) is 45.4 Å². The molecule has 3 rings (SSSR count). The molecular formula is C20H27N3O5. The van der Waals surface area contributed by atoms with E-state index in [1.165, 1.54) is 0 Å². The number of oxime groups is 1. The van der Waals surface area contributed by atoms with Gasteiger partial charge in [0.15, 0.2) is 0 Å². The average molecular weight is 389 g/mol. The standard InChI is InChI=1S/C20H27N3O5/c1-22-14-23(2)19-18(22)17(15-6-4-5-7-16(15)20(19)24)21-28-13-12-27-11-10-26-9-8-25-3/h4-7H,8-14H2,1-3H3/b21-17-. The van der Waals surface area contributed by atoms with Crippen molar-refractivity contribution >= 4 is 11.5 Å². The van der Waals surface area contributed by atoms with Crippen LogP contribution in [-0.2, 0) is 19.0 Å². The van der Waals surface area contributed by atoms with Crippen molar-refractivity contribution in [2.24, 2.45) is 5.16 Å². The van der Waals surface area contributed by atoms with Crippen molar-refractivity contribution in [1.82, 2.24) is 9.80 Å². The van der Waals surface area contributed by atoms with Crippen molar-refractivity contribution in [3.8, 4) is 0 Å². The Morgan fingerprint density at radius 1 is 0.893 bits per heavy atom. The number of fused-ring (bicyclic) bond motifs is 1. The second kappa shape index (κ2) is 9.68. The van der Waals surface area contributed by atoms with Gasteiger partial charge in [-0.1, -0.05) is 29.4 Å². The summed E-state index contributed by atoms with van der Waals surface area (Å²) in [5.74, 6) is 0.0215. The van der Waals surface area contributed by atoms with Crippen molar-refractivity contribution in [1.29, 1.82) is 0 Å². The zero-order valence-corrected chi connectivity index (χ0v) is 16.6. The molecule has 1 aromatic carbocycles. The highest BCUT2D eigenvalue weighted by Gasteiger charge is 2.39. The van der Waals surface area contributed by atoms with E-state index >= 15 is 0 Å². The Kier molecular flexibility index (Phi) is 7.02. The molecule has 8 heteroatoms. The average Bonchev–Trinajstić information content (AvgIpc) is 3.00. The van der Waals surface area contributed by atoms with Crippen LogP contribution in [0.15, 0.2) is 40.8 Å². The van der Waals surface area contributed by atoms with Gasteiger partial charge in [-0.3, -0.25) is 4.79 Å². The number of likely N-dealkylation sites (N-methyl/N-ethyl adjacent to an activating group) is 2. The second-order valence-corrected chi connectivity index (χ2v) is 6.60. The van der Waals surface area contributed by atoms with Gasteiger partial charge >= 0.3 is 0 Å². The van der Waals surface area contributed by atoms with Crippen LogP contribution in [0.4, 0.5) is 0 Å². The minimum Gasteiger partial charge on any atom is -0.393 e. The third-order valence-corrected chi connectivity index (χ3v) is 4.56. The van der Waals surface area contributed by atoms with E-state index in [0.717, 1.165) is 11.3 Å². The van der Waals surface area contributed by atoms with Crippen molar-refractivity contribution in [2.45, 2.75) is 0 Å². The molecule has 0 amide bonds. The molecule has 0 fully saturated rings. The number of benzene rings is 1. The van der Waals surface area contributed by atoms with Gasteiger partial charge in [0.1, 0.15) is 18.0 Å². The minimum atomic E-state index is 0.0215. The predicted molar refractivity (Wildman–Crippen MR) is 104 cm³/mol. The lowest BCUT2D eigenvalue weighted by Crippen LogP contribution is -2.27. The van der Waals surface area contributed by atoms with Crippen LogP contribution in [0.5, 0.6) is 0 Å². The molecule has 0 bridgehead atoms. The number of carbonyl (C=O) groups excluding carboxylic acids is 1. The summed E-state index contributed by atoms with van der Waals surface area (Å²) >= 11 is 0. The van der Waals surface area contributed by atoms with Crippen molar-refractivity contribution < 1.29 is 23.8 Å². The fourth-order valence-electron chi connectivity index (χ4n) is 3.30. The molecule has 0 atom stereocenters. The van der Waals surface area contributed by atoms with Crippen LogP contribution in [0.1, 0.15) is 15.9 Å². The van der Waals surface area contributed by atoms with Gasteiger partial charge in [0, 0.05) is 32.3 Å². The van der Waals surface area contributed by atoms with Gasteiger partial charge in [0.25, 0.3) is 0 Å². The Morgan fingerprint density at radius 2 is 1.50 bits per heavy atom. The maximum absolute atomic E-state index is 12.9. The molecule has 0 saturated carbocycles. The molecule has 0 radical (unpaired) electrons. The van der Waals surface area contributed by atoms with Crippen LogP contribution in [0.3, 0.4) is 0 Å². The highest BCUT2D eigenvalue weighted by atomic mass is 16.6. The van der Waals surface area contributed by atoms with Crippen molar-refractivity contribution in [2.75, 3.05) is 67.5 Å². The van der Waals surface area contributed by atoms with Gasteiger partial charge in [-0.05, 0) is 0 Å². The minimum absolute atomic E-state index is 0.0215. The van der Waals surface area contributed by atoms with Crippen LogP contribution >= 0.6 is 0 Å². The summed E-state index contributed by atoms with van der Waals surface area (Å²) in [6.07, 6.45) is 0. The summed E-state index contributed by atoms with van der Waals surface area (Å²) < 4.78 is 15.7. The zero-order chi connectivity index (χ0) is 19.9. The smallest absolute Gasteiger partial charge is 0.211 e. The lowest BCUT2D eigenvalue weighted by molar-refractivity contribution is 0.00449. The number of allylic oxidation sites excluding steroid dienone is 2. The molecule has 28 heavy (non-hydrogen) atoms. The first kappa shape index (κ1) is 20.3. The first-order valence-electron chi connectivity index (χ1n) is 9.30. The predicted octanol–water partition coefficient (Wildman–Crippen LogP) is 1.33. The number of rotatable bonds is 10. The lowest BCUT2D eigenvalue weighted by Gasteiger charge is -2.22. The third-order valence-electron chi connectivity index (χ3n) is 4.56. The molecule has 8 nitrogen and oxygen atoms in total. The second-order valence-electron chi connectivity index (χ2n) is 6.60. The number of nitrogens with zero attached hydrogens (tertiary/aromatic N) is 3. The first-order chi connectivity index (χ1) is 13.6. The summed E-state index contributed by atoms with van der Waals surface area (Å²) in [6, 6.07) is 7.50. The Balaban J connectivity index is 1.60. The molecule has 1 aliphatic heterocycles. The first-order valence-corrected chi connectivity index (χ1v) is 9.30. The number of carbonyl (C=O) groups is 1. The monoisotopic (exact) mass is 389 g/mol. The Labute approximate surface area is 165 Å². The molecular weight excluding hydrogens is 362 g/mol. The highest BCUT2D eigenvalue weighted by molar-refractivity contribution is 6.28. The molecule has 0 N–H and O–H groups in total. The molecule has 0 spiro atoms. The zero-order valence-electron chi connectivity index (χ0n) is 16.6. The van der Waals surface area contributed by atoms with Gasteiger partial charge < -0.3 is 28.8 Å². The number of hydrogen-bond acceptors (Lipinski definition) is 8. The molecule has 0 unspecified atom stereocenters. The summed E-state index contributed by atoms with van der Waals surface area (Å²) in [5, 5.41) is 4.36. The molecule has 2 aliphatic rings. The molecule has 152 valence electrons. The van der Waals surface area contributed by atoms with E-state index in [0.29, 0.717) is 63.3 Å². The summed E-state index contributed by atoms with van der Waals surface area (Å²) in [5.41, 5.74) is 3.59. The molecule has 0 saturated heterocycles. The van der Waals surface area contributed by atoms with Gasteiger partial charge in [-0.2, -0.15) is 0 Å². The number of hydrogen-bond donors (Lipinski definition) is 0. The van der Waals surface area contributed by atoms with E-state index in [-0.39, 0.29) is 5.78 Å². The number of ketones is 1. The Bertz CT molecular complexity index is 762. The van der Waals surface area contributed by atoms with Crippen molar-refractivity contribution in [3.05, 3.63) is 46.8 Å². The number of methoxy groups -OCH3 is 1. The summed E-state index contributed by atoms with van der Waals surface area (Å²) in [7, 11) is 5.49. The topological polar surface area (TPSA) is 72.8 Å². The van der Waals surface area contributed by atoms with E-state index < -0.39 is 0 Å². The fraction of sp³-hybridized carbons (Fsp3) is 0.500. The van der Waals surface area contributed by atoms with E-state index in [1.54, 1.807) is 7.11 Å². The maximum atomic E-state index is 12.9. The van der Waals surface area contributed by atoms with Gasteiger partial charge in [-0.15, -0.1) is 0 Å². The summed E-state index contributed by atoms with van der Waals surface area (Å²) in [4.78, 5) is 22.3. The fourth-order valence-corrected chi connectivity index (χ4v) is 3.30.